The lowest BCUT2D eigenvalue weighted by Crippen LogP contribution is -2.38. The lowest BCUT2D eigenvalue weighted by molar-refractivity contribution is 0.0841. The largest absolute Gasteiger partial charge is 0.292 e. The number of Topliss-reactive ketones (excluding diaryl/α,β-unsaturated/α-hetero) is 2. The van der Waals surface area contributed by atoms with Gasteiger partial charge in [0.15, 0.2) is 15.9 Å². The molecule has 0 N–H and O–H groups in total. The molecule has 4 aromatic carbocycles. The van der Waals surface area contributed by atoms with Gasteiger partial charge < -0.3 is 0 Å². The van der Waals surface area contributed by atoms with Gasteiger partial charge in [-0.15, -0.1) is 0 Å². The van der Waals surface area contributed by atoms with E-state index in [4.69, 9.17) is 0 Å². The number of hydrogen-bond acceptors (Lipinski definition) is 3. The molecule has 31 heavy (non-hydrogen) atoms. The molecule has 0 aliphatic heterocycles. The van der Waals surface area contributed by atoms with Crippen LogP contribution < -0.4 is 0 Å². The van der Waals surface area contributed by atoms with Crippen LogP contribution in [0, 0.1) is 0 Å². The third-order valence-corrected chi connectivity index (χ3v) is 7.12. The first-order chi connectivity index (χ1) is 15.1. The minimum Gasteiger partial charge on any atom is -0.292 e. The van der Waals surface area contributed by atoms with Crippen LogP contribution in [0.5, 0.6) is 0 Å². The molecular weight excluding hydrogens is 468 g/mol. The molecule has 152 valence electrons. The molecule has 0 saturated carbocycles. The summed E-state index contributed by atoms with van der Waals surface area (Å²) in [6.07, 6.45) is 0. The number of hydrogen-bond donors (Lipinski definition) is 0. The molecule has 4 heteroatoms. The molecule has 0 aromatic heterocycles. The summed E-state index contributed by atoms with van der Waals surface area (Å²) in [5.74, 6) is -0.573. The molecule has 0 bridgehead atoms. The van der Waals surface area contributed by atoms with E-state index in [2.05, 4.69) is 15.9 Å². The maximum Gasteiger partial charge on any atom is 0.191 e. The van der Waals surface area contributed by atoms with E-state index in [1.807, 2.05) is 66.7 Å². The van der Waals surface area contributed by atoms with E-state index in [0.717, 1.165) is 9.79 Å². The Bertz CT molecular complexity index is 1180. The van der Waals surface area contributed by atoms with Crippen LogP contribution in [0.1, 0.15) is 26.3 Å². The van der Waals surface area contributed by atoms with Crippen LogP contribution in [0.3, 0.4) is 0 Å². The monoisotopic (exact) mass is 486 g/mol. The van der Waals surface area contributed by atoms with Crippen LogP contribution in [0.2, 0.25) is 0 Å². The SMILES string of the molecule is O=C(c1ccccc1)C(Br)(C(=O)c1ccc(Sc2ccccc2)cc1)c1ccccc1. The molecule has 0 radical (unpaired) electrons. The van der Waals surface area contributed by atoms with Crippen molar-refractivity contribution in [3.05, 3.63) is 132 Å². The first-order valence-corrected chi connectivity index (χ1v) is 11.4. The standard InChI is InChI=1S/C27H19BrO2S/c28-27(22-12-6-2-7-13-22,25(29)20-10-4-1-5-11-20)26(30)21-16-18-24(19-17-21)31-23-14-8-3-9-15-23/h1-19H. The number of benzene rings is 4. The summed E-state index contributed by atoms with van der Waals surface area (Å²) in [6.45, 7) is 0. The topological polar surface area (TPSA) is 34.1 Å². The molecule has 0 amide bonds. The number of halogens is 1. The lowest BCUT2D eigenvalue weighted by Gasteiger charge is -2.25. The zero-order chi connectivity index (χ0) is 21.7. The molecule has 0 aliphatic carbocycles. The van der Waals surface area contributed by atoms with Gasteiger partial charge >= 0.3 is 0 Å². The minimum absolute atomic E-state index is 0.285. The van der Waals surface area contributed by atoms with Crippen molar-refractivity contribution in [2.75, 3.05) is 0 Å². The highest BCUT2D eigenvalue weighted by Crippen LogP contribution is 2.39. The highest BCUT2D eigenvalue weighted by Gasteiger charge is 2.45. The Kier molecular flexibility index (Phi) is 6.50. The molecule has 1 unspecified atom stereocenters. The van der Waals surface area contributed by atoms with E-state index < -0.39 is 4.32 Å². The van der Waals surface area contributed by atoms with Crippen molar-refractivity contribution >= 4 is 39.3 Å². The molecule has 0 aliphatic rings. The fraction of sp³-hybridized carbons (Fsp3) is 0.0370. The molecule has 1 atom stereocenters. The van der Waals surface area contributed by atoms with Crippen LogP contribution in [0.4, 0.5) is 0 Å². The van der Waals surface area contributed by atoms with Crippen molar-refractivity contribution in [3.8, 4) is 0 Å². The molecule has 0 spiro atoms. The fourth-order valence-corrected chi connectivity index (χ4v) is 4.88. The first kappa shape index (κ1) is 21.3. The number of rotatable bonds is 7. The van der Waals surface area contributed by atoms with Crippen LogP contribution in [0.15, 0.2) is 125 Å². The Balaban J connectivity index is 1.69. The molecule has 4 rings (SSSR count). The molecule has 0 fully saturated rings. The normalized spacial score (nSPS) is 12.7. The Labute approximate surface area is 194 Å². The van der Waals surface area contributed by atoms with Gasteiger partial charge in [-0.05, 0) is 29.8 Å². The minimum atomic E-state index is -1.50. The third kappa shape index (κ3) is 4.55. The molecule has 2 nitrogen and oxygen atoms in total. The average Bonchev–Trinajstić information content (AvgIpc) is 2.85. The second-order valence-corrected chi connectivity index (χ2v) is 9.32. The highest BCUT2D eigenvalue weighted by molar-refractivity contribution is 9.10. The summed E-state index contributed by atoms with van der Waals surface area (Å²) in [4.78, 5) is 29.3. The van der Waals surface area contributed by atoms with Crippen molar-refractivity contribution in [1.82, 2.24) is 0 Å². The smallest absolute Gasteiger partial charge is 0.191 e. The maximum absolute atomic E-state index is 13.7. The van der Waals surface area contributed by atoms with Crippen molar-refractivity contribution < 1.29 is 9.59 Å². The Morgan fingerprint density at radius 2 is 0.968 bits per heavy atom. The fourth-order valence-electron chi connectivity index (χ4n) is 3.32. The van der Waals surface area contributed by atoms with Crippen molar-refractivity contribution in [1.29, 1.82) is 0 Å². The Morgan fingerprint density at radius 3 is 1.52 bits per heavy atom. The maximum atomic E-state index is 13.7. The van der Waals surface area contributed by atoms with Crippen molar-refractivity contribution in [2.24, 2.45) is 0 Å². The zero-order valence-corrected chi connectivity index (χ0v) is 19.0. The zero-order valence-electron chi connectivity index (χ0n) is 16.6. The van der Waals surface area contributed by atoms with Gasteiger partial charge in [-0.1, -0.05) is 119 Å². The van der Waals surface area contributed by atoms with E-state index >= 15 is 0 Å². The molecule has 0 heterocycles. The first-order valence-electron chi connectivity index (χ1n) is 9.81. The van der Waals surface area contributed by atoms with Crippen LogP contribution in [-0.2, 0) is 4.32 Å². The summed E-state index contributed by atoms with van der Waals surface area (Å²) < 4.78 is -1.50. The van der Waals surface area contributed by atoms with Crippen LogP contribution in [-0.4, -0.2) is 11.6 Å². The Hall–Kier alpha value is -2.95. The van der Waals surface area contributed by atoms with Gasteiger partial charge in [0.2, 0.25) is 0 Å². The summed E-state index contributed by atoms with van der Waals surface area (Å²) in [6, 6.07) is 35.5. The summed E-state index contributed by atoms with van der Waals surface area (Å²) >= 11 is 5.19. The van der Waals surface area contributed by atoms with E-state index in [1.165, 1.54) is 0 Å². The van der Waals surface area contributed by atoms with Crippen LogP contribution in [0.25, 0.3) is 0 Å². The van der Waals surface area contributed by atoms with E-state index in [1.54, 1.807) is 60.3 Å². The number of alkyl halides is 1. The van der Waals surface area contributed by atoms with Gasteiger partial charge in [-0.25, -0.2) is 0 Å². The number of ketones is 2. The quantitative estimate of drug-likeness (QED) is 0.157. The van der Waals surface area contributed by atoms with Gasteiger partial charge in [0, 0.05) is 20.9 Å². The van der Waals surface area contributed by atoms with Gasteiger partial charge in [0.05, 0.1) is 0 Å². The second-order valence-electron chi connectivity index (χ2n) is 6.99. The predicted molar refractivity (Wildman–Crippen MR) is 129 cm³/mol. The van der Waals surface area contributed by atoms with Crippen LogP contribution >= 0.6 is 27.7 Å². The van der Waals surface area contributed by atoms with Gasteiger partial charge in [-0.2, -0.15) is 0 Å². The molecular formula is C27H19BrO2S. The summed E-state index contributed by atoms with van der Waals surface area (Å²) in [5, 5.41) is 0. The highest BCUT2D eigenvalue weighted by atomic mass is 79.9. The lowest BCUT2D eigenvalue weighted by atomic mass is 9.84. The van der Waals surface area contributed by atoms with Gasteiger partial charge in [0.1, 0.15) is 0 Å². The van der Waals surface area contributed by atoms with Gasteiger partial charge in [0.25, 0.3) is 0 Å². The Morgan fingerprint density at radius 1 is 0.548 bits per heavy atom. The average molecular weight is 487 g/mol. The molecule has 0 saturated heterocycles. The van der Waals surface area contributed by atoms with Gasteiger partial charge in [-0.3, -0.25) is 9.59 Å². The molecule has 4 aromatic rings. The van der Waals surface area contributed by atoms with E-state index in [9.17, 15) is 9.59 Å². The summed E-state index contributed by atoms with van der Waals surface area (Å²) in [5.41, 5.74) is 1.56. The van der Waals surface area contributed by atoms with Crippen molar-refractivity contribution in [3.63, 3.8) is 0 Å². The number of carbonyl (C=O) groups excluding carboxylic acids is 2. The predicted octanol–water partition coefficient (Wildman–Crippen LogP) is 7.19. The van der Waals surface area contributed by atoms with E-state index in [-0.39, 0.29) is 11.6 Å². The summed E-state index contributed by atoms with van der Waals surface area (Å²) in [7, 11) is 0. The number of carbonyl (C=O) groups is 2. The third-order valence-electron chi connectivity index (χ3n) is 4.93. The van der Waals surface area contributed by atoms with E-state index in [0.29, 0.717) is 16.7 Å². The second kappa shape index (κ2) is 9.46. The van der Waals surface area contributed by atoms with Crippen molar-refractivity contribution in [2.45, 2.75) is 14.1 Å².